The maximum Gasteiger partial charge on any atom is 0.246 e. The molecule has 1 aromatic heterocycles. The smallest absolute Gasteiger partial charge is 0.246 e. The first-order valence-corrected chi connectivity index (χ1v) is 10.9. The van der Waals surface area contributed by atoms with Gasteiger partial charge < -0.3 is 10.4 Å². The number of hydrogen-bond acceptors (Lipinski definition) is 6. The second-order valence-corrected chi connectivity index (χ2v) is 8.82. The molecule has 1 aliphatic heterocycles. The van der Waals surface area contributed by atoms with E-state index in [1.807, 2.05) is 18.2 Å². The predicted octanol–water partition coefficient (Wildman–Crippen LogP) is 3.91. The van der Waals surface area contributed by atoms with Crippen molar-refractivity contribution in [2.75, 3.05) is 31.3 Å². The lowest BCUT2D eigenvalue weighted by atomic mass is 9.60. The first-order chi connectivity index (χ1) is 13.5. The van der Waals surface area contributed by atoms with Gasteiger partial charge in [-0.15, -0.1) is 0 Å². The summed E-state index contributed by atoms with van der Waals surface area (Å²) in [6.45, 7) is 1.61. The Balaban J connectivity index is 1.52. The Kier molecular flexibility index (Phi) is 5.71. The summed E-state index contributed by atoms with van der Waals surface area (Å²) in [5, 5.41) is 13.8. The van der Waals surface area contributed by atoms with E-state index in [4.69, 9.17) is 4.98 Å². The fourth-order valence-corrected chi connectivity index (χ4v) is 4.94. The third-order valence-corrected chi connectivity index (χ3v) is 7.09. The van der Waals surface area contributed by atoms with Crippen LogP contribution in [0.25, 0.3) is 10.9 Å². The molecule has 0 bridgehead atoms. The van der Waals surface area contributed by atoms with E-state index in [0.29, 0.717) is 24.8 Å². The molecule has 1 aliphatic carbocycles. The summed E-state index contributed by atoms with van der Waals surface area (Å²) in [5.41, 5.74) is 0.545. The van der Waals surface area contributed by atoms with Gasteiger partial charge in [0.25, 0.3) is 0 Å². The van der Waals surface area contributed by atoms with E-state index in [1.54, 1.807) is 18.1 Å². The zero-order valence-corrected chi connectivity index (χ0v) is 16.8. The van der Waals surface area contributed by atoms with Gasteiger partial charge in [0.1, 0.15) is 0 Å². The number of benzene rings is 1. The average molecular weight is 409 g/mol. The summed E-state index contributed by atoms with van der Waals surface area (Å²) in [7, 11) is 0. The molecule has 0 radical (unpaired) electrons. The van der Waals surface area contributed by atoms with Crippen LogP contribution >= 0.6 is 11.9 Å². The highest BCUT2D eigenvalue weighted by atomic mass is 32.2. The molecule has 8 heteroatoms. The highest BCUT2D eigenvalue weighted by molar-refractivity contribution is 7.96. The first kappa shape index (κ1) is 19.8. The van der Waals surface area contributed by atoms with Crippen molar-refractivity contribution in [1.82, 2.24) is 14.3 Å². The summed E-state index contributed by atoms with van der Waals surface area (Å²) in [6, 6.07) is 6.18. The van der Waals surface area contributed by atoms with Crippen LogP contribution in [-0.4, -0.2) is 57.8 Å². The second-order valence-electron chi connectivity index (χ2n) is 7.94. The van der Waals surface area contributed by atoms with Crippen LogP contribution in [-0.2, 0) is 0 Å². The van der Waals surface area contributed by atoms with Crippen molar-refractivity contribution >= 4 is 28.8 Å². The van der Waals surface area contributed by atoms with Crippen LogP contribution in [0.15, 0.2) is 24.4 Å². The number of para-hydroxylation sites is 1. The highest BCUT2D eigenvalue weighted by Gasteiger charge is 2.51. The van der Waals surface area contributed by atoms with Crippen LogP contribution in [0.1, 0.15) is 37.2 Å². The third-order valence-electron chi connectivity index (χ3n) is 6.21. The molecule has 152 valence electrons. The van der Waals surface area contributed by atoms with Gasteiger partial charge in [-0.3, -0.25) is 4.31 Å². The number of aromatic nitrogens is 2. The van der Waals surface area contributed by atoms with Crippen molar-refractivity contribution in [2.24, 2.45) is 5.41 Å². The van der Waals surface area contributed by atoms with E-state index in [0.717, 1.165) is 42.4 Å². The topological polar surface area (TPSA) is 61.3 Å². The van der Waals surface area contributed by atoms with Gasteiger partial charge in [-0.05, 0) is 43.4 Å². The van der Waals surface area contributed by atoms with Crippen LogP contribution in [0.4, 0.5) is 14.7 Å². The van der Waals surface area contributed by atoms with Crippen LogP contribution in [0.3, 0.4) is 0 Å². The molecule has 28 heavy (non-hydrogen) atoms. The predicted molar refractivity (Wildman–Crippen MR) is 109 cm³/mol. The van der Waals surface area contributed by atoms with E-state index >= 15 is 0 Å². The Morgan fingerprint density at radius 3 is 2.71 bits per heavy atom. The van der Waals surface area contributed by atoms with E-state index < -0.39 is 18.4 Å². The van der Waals surface area contributed by atoms with E-state index in [9.17, 15) is 13.9 Å². The number of hydrogen-bond donors (Lipinski definition) is 2. The molecule has 0 amide bonds. The lowest BCUT2D eigenvalue weighted by molar-refractivity contribution is -0.103. The van der Waals surface area contributed by atoms with Gasteiger partial charge in [0.2, 0.25) is 12.4 Å². The van der Waals surface area contributed by atoms with Gasteiger partial charge in [0.15, 0.2) is 0 Å². The number of alkyl halides is 2. The van der Waals surface area contributed by atoms with Crippen LogP contribution < -0.4 is 5.32 Å². The van der Waals surface area contributed by atoms with Crippen molar-refractivity contribution in [3.05, 3.63) is 30.0 Å². The number of piperidine rings is 1. The van der Waals surface area contributed by atoms with Crippen LogP contribution in [0.2, 0.25) is 0 Å². The molecular formula is C20H26F2N4OS. The molecule has 5 nitrogen and oxygen atoms in total. The molecule has 0 unspecified atom stereocenters. The number of aliphatic hydroxyl groups is 1. The second kappa shape index (κ2) is 8.08. The minimum absolute atomic E-state index is 0.00239. The fourth-order valence-electron chi connectivity index (χ4n) is 4.36. The van der Waals surface area contributed by atoms with Gasteiger partial charge in [0, 0.05) is 30.7 Å². The quantitative estimate of drug-likeness (QED) is 0.707. The molecule has 2 aromatic rings. The Morgan fingerprint density at radius 2 is 2.07 bits per heavy atom. The maximum absolute atomic E-state index is 13.3. The van der Waals surface area contributed by atoms with E-state index in [2.05, 4.69) is 20.9 Å². The number of rotatable bonds is 6. The molecule has 2 aliphatic rings. The van der Waals surface area contributed by atoms with Crippen molar-refractivity contribution in [3.8, 4) is 0 Å². The van der Waals surface area contributed by atoms with Crippen molar-refractivity contribution < 1.29 is 13.9 Å². The summed E-state index contributed by atoms with van der Waals surface area (Å²) >= 11 is 1.78. The van der Waals surface area contributed by atoms with Gasteiger partial charge in [-0.1, -0.05) is 30.1 Å². The van der Waals surface area contributed by atoms with E-state index in [1.165, 1.54) is 0 Å². The zero-order chi connectivity index (χ0) is 19.7. The fraction of sp³-hybridized carbons (Fsp3) is 0.600. The van der Waals surface area contributed by atoms with Crippen LogP contribution in [0, 0.1) is 5.41 Å². The number of aliphatic hydroxyl groups excluding tert-OH is 1. The number of halogens is 2. The molecule has 1 aromatic carbocycles. The normalized spacial score (nSPS) is 26.5. The lowest BCUT2D eigenvalue weighted by Crippen LogP contribution is -2.45. The standard InChI is InChI=1S/C20H26F2N4OS/c1-28-26-7-5-15(6-8-26)24-19-23-11-13-3-2-4-16(17(13)25-19)14-9-20(10-14,12-27)18(21)22/h2-4,11,14-15,18,27H,5-10,12H2,1H3,(H,23,24,25). The van der Waals surface area contributed by atoms with Gasteiger partial charge in [-0.25, -0.2) is 18.7 Å². The SMILES string of the molecule is CSN1CCC(Nc2ncc3cccc(C4CC(CO)(C(F)F)C4)c3n2)CC1. The zero-order valence-electron chi connectivity index (χ0n) is 15.9. The summed E-state index contributed by atoms with van der Waals surface area (Å²) in [5.74, 6) is 0.599. The molecule has 2 heterocycles. The largest absolute Gasteiger partial charge is 0.396 e. The Morgan fingerprint density at radius 1 is 1.32 bits per heavy atom. The van der Waals surface area contributed by atoms with Gasteiger partial charge in [0.05, 0.1) is 17.5 Å². The molecule has 0 spiro atoms. The minimum atomic E-state index is -2.50. The van der Waals surface area contributed by atoms with Crippen molar-refractivity contribution in [3.63, 3.8) is 0 Å². The molecule has 4 rings (SSSR count). The molecule has 2 N–H and O–H groups in total. The molecule has 1 saturated carbocycles. The number of nitrogens with one attached hydrogen (secondary N) is 1. The first-order valence-electron chi connectivity index (χ1n) is 9.75. The summed E-state index contributed by atoms with van der Waals surface area (Å²) in [4.78, 5) is 9.20. The molecular weight excluding hydrogens is 382 g/mol. The van der Waals surface area contributed by atoms with Crippen molar-refractivity contribution in [1.29, 1.82) is 0 Å². The average Bonchev–Trinajstić information content (AvgIpc) is 2.68. The molecule has 1 saturated heterocycles. The maximum atomic E-state index is 13.3. The number of nitrogens with zero attached hydrogens (tertiary/aromatic N) is 3. The van der Waals surface area contributed by atoms with Gasteiger partial charge >= 0.3 is 0 Å². The molecule has 0 atom stereocenters. The number of fused-ring (bicyclic) bond motifs is 1. The van der Waals surface area contributed by atoms with Crippen molar-refractivity contribution in [2.45, 2.75) is 44.1 Å². The Bertz CT molecular complexity index is 823. The lowest BCUT2D eigenvalue weighted by Gasteiger charge is -2.46. The molecule has 2 fully saturated rings. The Hall–Kier alpha value is -1.51. The third kappa shape index (κ3) is 3.69. The van der Waals surface area contributed by atoms with E-state index in [-0.39, 0.29) is 5.92 Å². The van der Waals surface area contributed by atoms with Crippen LogP contribution in [0.5, 0.6) is 0 Å². The summed E-state index contributed by atoms with van der Waals surface area (Å²) < 4.78 is 29.0. The monoisotopic (exact) mass is 408 g/mol. The highest BCUT2D eigenvalue weighted by Crippen LogP contribution is 2.55. The number of anilines is 1. The minimum Gasteiger partial charge on any atom is -0.396 e. The van der Waals surface area contributed by atoms with Gasteiger partial charge in [-0.2, -0.15) is 0 Å². The summed E-state index contributed by atoms with van der Waals surface area (Å²) in [6.07, 6.45) is 4.07. The Labute approximate surface area is 168 Å².